The molecule has 3 aromatic heterocycles. The van der Waals surface area contributed by atoms with Crippen LogP contribution in [0.2, 0.25) is 5.15 Å². The first-order valence-electron chi connectivity index (χ1n) is 8.25. The maximum atomic E-state index is 6.15. The van der Waals surface area contributed by atoms with E-state index in [0.29, 0.717) is 22.5 Å². The summed E-state index contributed by atoms with van der Waals surface area (Å²) in [7, 11) is 0. The Morgan fingerprint density at radius 1 is 1.04 bits per heavy atom. The van der Waals surface area contributed by atoms with Crippen molar-refractivity contribution >= 4 is 28.5 Å². The van der Waals surface area contributed by atoms with Gasteiger partial charge in [-0.05, 0) is 42.5 Å². The first kappa shape index (κ1) is 15.3. The van der Waals surface area contributed by atoms with Crippen LogP contribution in [-0.2, 0) is 0 Å². The Morgan fingerprint density at radius 2 is 1.88 bits per heavy atom. The molecule has 3 aromatic rings. The molecule has 0 aromatic carbocycles. The molecule has 1 aliphatic rings. The van der Waals surface area contributed by atoms with Gasteiger partial charge in [0.1, 0.15) is 17.3 Å². The van der Waals surface area contributed by atoms with Crippen LogP contribution in [0.25, 0.3) is 22.3 Å². The fourth-order valence-electron chi connectivity index (χ4n) is 3.53. The third-order valence-corrected chi connectivity index (χ3v) is 4.96. The van der Waals surface area contributed by atoms with Crippen molar-refractivity contribution in [1.82, 2.24) is 19.9 Å². The SMILES string of the molecule is Nc1ncnc2nc(-c3ccc(Cl)nc3)cc(C3CCCCC3)c12. The van der Waals surface area contributed by atoms with Gasteiger partial charge in [-0.25, -0.2) is 19.9 Å². The summed E-state index contributed by atoms with van der Waals surface area (Å²) in [4.78, 5) is 17.4. The molecule has 0 aliphatic heterocycles. The van der Waals surface area contributed by atoms with Crippen LogP contribution < -0.4 is 5.73 Å². The fraction of sp³-hybridized carbons (Fsp3) is 0.333. The number of nitrogens with two attached hydrogens (primary N) is 1. The first-order valence-corrected chi connectivity index (χ1v) is 8.63. The molecule has 0 bridgehead atoms. The number of aromatic nitrogens is 4. The van der Waals surface area contributed by atoms with Crippen molar-refractivity contribution in [2.45, 2.75) is 38.0 Å². The number of hydrogen-bond donors (Lipinski definition) is 1. The van der Waals surface area contributed by atoms with Crippen LogP contribution in [0.5, 0.6) is 0 Å². The minimum Gasteiger partial charge on any atom is -0.383 e. The molecule has 2 N–H and O–H groups in total. The highest BCUT2D eigenvalue weighted by Gasteiger charge is 2.21. The van der Waals surface area contributed by atoms with Gasteiger partial charge in [0.05, 0.1) is 11.1 Å². The van der Waals surface area contributed by atoms with Crippen molar-refractivity contribution in [2.75, 3.05) is 5.73 Å². The second kappa shape index (κ2) is 6.32. The molecule has 0 saturated heterocycles. The highest BCUT2D eigenvalue weighted by Crippen LogP contribution is 2.38. The van der Waals surface area contributed by atoms with E-state index in [1.165, 1.54) is 44.0 Å². The fourth-order valence-corrected chi connectivity index (χ4v) is 3.64. The summed E-state index contributed by atoms with van der Waals surface area (Å²) in [6.07, 6.45) is 9.36. The van der Waals surface area contributed by atoms with Crippen LogP contribution in [0, 0.1) is 0 Å². The molecule has 3 heterocycles. The zero-order chi connectivity index (χ0) is 16.5. The van der Waals surface area contributed by atoms with Gasteiger partial charge in [0, 0.05) is 11.8 Å². The number of nitrogen functional groups attached to an aromatic ring is 1. The monoisotopic (exact) mass is 339 g/mol. The van der Waals surface area contributed by atoms with Gasteiger partial charge < -0.3 is 5.73 Å². The Labute approximate surface area is 145 Å². The molecular formula is C18H18ClN5. The second-order valence-corrected chi connectivity index (χ2v) is 6.65. The number of hydrogen-bond acceptors (Lipinski definition) is 5. The minimum absolute atomic E-state index is 0.471. The van der Waals surface area contributed by atoms with Gasteiger partial charge in [-0.2, -0.15) is 0 Å². The molecular weight excluding hydrogens is 322 g/mol. The van der Waals surface area contributed by atoms with Crippen molar-refractivity contribution in [3.63, 3.8) is 0 Å². The van der Waals surface area contributed by atoms with Crippen molar-refractivity contribution in [2.24, 2.45) is 0 Å². The van der Waals surface area contributed by atoms with E-state index in [1.807, 2.05) is 6.07 Å². The molecule has 0 amide bonds. The number of fused-ring (bicyclic) bond motifs is 1. The summed E-state index contributed by atoms with van der Waals surface area (Å²) in [5, 5.41) is 1.37. The maximum absolute atomic E-state index is 6.15. The molecule has 24 heavy (non-hydrogen) atoms. The Morgan fingerprint density at radius 3 is 2.62 bits per heavy atom. The van der Waals surface area contributed by atoms with E-state index >= 15 is 0 Å². The lowest BCUT2D eigenvalue weighted by molar-refractivity contribution is 0.445. The quantitative estimate of drug-likeness (QED) is 0.701. The molecule has 1 aliphatic carbocycles. The van der Waals surface area contributed by atoms with Crippen molar-refractivity contribution in [3.05, 3.63) is 41.4 Å². The van der Waals surface area contributed by atoms with Crippen LogP contribution in [0.3, 0.4) is 0 Å². The lowest BCUT2D eigenvalue weighted by atomic mass is 9.82. The molecule has 0 unspecified atom stereocenters. The van der Waals surface area contributed by atoms with Crippen LogP contribution in [0.1, 0.15) is 43.6 Å². The van der Waals surface area contributed by atoms with Gasteiger partial charge in [-0.3, -0.25) is 0 Å². The van der Waals surface area contributed by atoms with Crippen LogP contribution in [-0.4, -0.2) is 19.9 Å². The molecule has 4 rings (SSSR count). The van der Waals surface area contributed by atoms with E-state index < -0.39 is 0 Å². The summed E-state index contributed by atoms with van der Waals surface area (Å²) in [6, 6.07) is 5.83. The first-order chi connectivity index (χ1) is 11.7. The molecule has 1 fully saturated rings. The number of nitrogens with zero attached hydrogens (tertiary/aromatic N) is 4. The molecule has 0 spiro atoms. The number of halogens is 1. The third kappa shape index (κ3) is 2.80. The van der Waals surface area contributed by atoms with E-state index in [0.717, 1.165) is 16.6 Å². The van der Waals surface area contributed by atoms with Gasteiger partial charge in [-0.15, -0.1) is 0 Å². The maximum Gasteiger partial charge on any atom is 0.165 e. The normalized spacial score (nSPS) is 15.7. The smallest absolute Gasteiger partial charge is 0.165 e. The van der Waals surface area contributed by atoms with E-state index in [2.05, 4.69) is 26.0 Å². The Hall–Kier alpha value is -2.27. The lowest BCUT2D eigenvalue weighted by Gasteiger charge is -2.24. The van der Waals surface area contributed by atoms with Gasteiger partial charge in [0.25, 0.3) is 0 Å². The topological polar surface area (TPSA) is 77.6 Å². The molecule has 0 atom stereocenters. The average molecular weight is 340 g/mol. The van der Waals surface area contributed by atoms with E-state index in [1.54, 1.807) is 12.3 Å². The van der Waals surface area contributed by atoms with E-state index in [9.17, 15) is 0 Å². The largest absolute Gasteiger partial charge is 0.383 e. The van der Waals surface area contributed by atoms with Gasteiger partial charge in [-0.1, -0.05) is 30.9 Å². The Balaban J connectivity index is 1.91. The average Bonchev–Trinajstić information content (AvgIpc) is 2.62. The molecule has 6 heteroatoms. The predicted octanol–water partition coefficient (Wildman–Crippen LogP) is 4.37. The van der Waals surface area contributed by atoms with E-state index in [-0.39, 0.29) is 0 Å². The molecule has 5 nitrogen and oxygen atoms in total. The third-order valence-electron chi connectivity index (χ3n) is 4.73. The van der Waals surface area contributed by atoms with E-state index in [4.69, 9.17) is 17.3 Å². The number of anilines is 1. The molecule has 1 saturated carbocycles. The van der Waals surface area contributed by atoms with Crippen LogP contribution in [0.15, 0.2) is 30.7 Å². The van der Waals surface area contributed by atoms with Crippen molar-refractivity contribution in [3.8, 4) is 11.3 Å². The number of rotatable bonds is 2. The molecule has 122 valence electrons. The second-order valence-electron chi connectivity index (χ2n) is 6.26. The zero-order valence-electron chi connectivity index (χ0n) is 13.2. The summed E-state index contributed by atoms with van der Waals surface area (Å²) in [5.41, 5.74) is 9.79. The van der Waals surface area contributed by atoms with Crippen LogP contribution >= 0.6 is 11.6 Å². The standard InChI is InChI=1S/C18H18ClN5/c19-15-7-6-12(9-21-15)14-8-13(11-4-2-1-3-5-11)16-17(20)22-10-23-18(16)24-14/h6-11H,1-5H2,(H2,20,22,23,24). The summed E-state index contributed by atoms with van der Waals surface area (Å²) >= 11 is 5.90. The van der Waals surface area contributed by atoms with Gasteiger partial charge in [0.15, 0.2) is 5.65 Å². The lowest BCUT2D eigenvalue weighted by Crippen LogP contribution is -2.08. The van der Waals surface area contributed by atoms with Crippen molar-refractivity contribution in [1.29, 1.82) is 0 Å². The van der Waals surface area contributed by atoms with Gasteiger partial charge in [0.2, 0.25) is 0 Å². The van der Waals surface area contributed by atoms with Gasteiger partial charge >= 0.3 is 0 Å². The zero-order valence-corrected chi connectivity index (χ0v) is 14.0. The Kier molecular flexibility index (Phi) is 4.02. The van der Waals surface area contributed by atoms with Crippen molar-refractivity contribution < 1.29 is 0 Å². The minimum atomic E-state index is 0.471. The summed E-state index contributed by atoms with van der Waals surface area (Å²) in [6.45, 7) is 0. The number of pyridine rings is 2. The van der Waals surface area contributed by atoms with Crippen LogP contribution in [0.4, 0.5) is 5.82 Å². The Bertz CT molecular complexity index is 872. The highest BCUT2D eigenvalue weighted by atomic mass is 35.5. The predicted molar refractivity (Wildman–Crippen MR) is 95.8 cm³/mol. The summed E-state index contributed by atoms with van der Waals surface area (Å²) in [5.74, 6) is 0.991. The highest BCUT2D eigenvalue weighted by molar-refractivity contribution is 6.29. The summed E-state index contributed by atoms with van der Waals surface area (Å²) < 4.78 is 0. The molecule has 0 radical (unpaired) electrons.